The first-order chi connectivity index (χ1) is 6.71. The fourth-order valence-electron chi connectivity index (χ4n) is 0.872. The van der Waals surface area contributed by atoms with E-state index >= 15 is 0 Å². The summed E-state index contributed by atoms with van der Waals surface area (Å²) in [6, 6.07) is 0. The van der Waals surface area contributed by atoms with Crippen LogP contribution in [0.2, 0.25) is 0 Å². The maximum absolute atomic E-state index is 11.9. The number of alkyl halides is 3. The van der Waals surface area contributed by atoms with Crippen molar-refractivity contribution in [3.8, 4) is 0 Å². The van der Waals surface area contributed by atoms with Gasteiger partial charge in [-0.05, 0) is 13.3 Å². The molecule has 4 nitrogen and oxygen atoms in total. The lowest BCUT2D eigenvalue weighted by molar-refractivity contribution is -0.150. The first-order valence-corrected chi connectivity index (χ1v) is 4.25. The molecule has 7 heteroatoms. The zero-order valence-corrected chi connectivity index (χ0v) is 8.52. The molecular weight excluding hydrogens is 215 g/mol. The maximum Gasteiger partial charge on any atom is 0.401 e. The van der Waals surface area contributed by atoms with Gasteiger partial charge in [0.15, 0.2) is 0 Å². The predicted molar refractivity (Wildman–Crippen MR) is 46.6 cm³/mol. The molecule has 1 atom stereocenters. The third-order valence-corrected chi connectivity index (χ3v) is 1.96. The molecule has 0 aromatic rings. The summed E-state index contributed by atoms with van der Waals surface area (Å²) in [4.78, 5) is 10.8. The van der Waals surface area contributed by atoms with Crippen LogP contribution in [-0.2, 0) is 9.53 Å². The molecule has 0 amide bonds. The highest BCUT2D eigenvalue weighted by Gasteiger charge is 2.37. The Hall–Kier alpha value is -0.820. The van der Waals surface area contributed by atoms with E-state index in [0.717, 1.165) is 0 Å². The van der Waals surface area contributed by atoms with Gasteiger partial charge in [0.05, 0.1) is 6.54 Å². The molecule has 0 saturated heterocycles. The second-order valence-electron chi connectivity index (χ2n) is 3.35. The first kappa shape index (κ1) is 14.2. The predicted octanol–water partition coefficient (Wildman–Crippen LogP) is 1.02. The topological polar surface area (TPSA) is 58.6 Å². The molecule has 0 fully saturated rings. The van der Waals surface area contributed by atoms with Crippen LogP contribution in [0.15, 0.2) is 0 Å². The minimum absolute atomic E-state index is 0.0328. The van der Waals surface area contributed by atoms with Crippen molar-refractivity contribution in [2.45, 2.75) is 25.1 Å². The SMILES string of the molecule is COCCC(C)(NCC(F)(F)F)C(=O)O. The minimum atomic E-state index is -4.43. The zero-order chi connectivity index (χ0) is 12.1. The van der Waals surface area contributed by atoms with Crippen LogP contribution in [0.1, 0.15) is 13.3 Å². The van der Waals surface area contributed by atoms with E-state index in [1.807, 2.05) is 5.32 Å². The molecule has 1 unspecified atom stereocenters. The van der Waals surface area contributed by atoms with E-state index in [9.17, 15) is 18.0 Å². The van der Waals surface area contributed by atoms with E-state index in [-0.39, 0.29) is 13.0 Å². The standard InChI is InChI=1S/C8H14F3NO3/c1-7(6(13)14,3-4-15-2)12-5-8(9,10)11/h12H,3-5H2,1-2H3,(H,13,14). The molecular formula is C8H14F3NO3. The number of methoxy groups -OCH3 is 1. The summed E-state index contributed by atoms with van der Waals surface area (Å²) in [5.41, 5.74) is -1.62. The molecule has 0 bridgehead atoms. The van der Waals surface area contributed by atoms with Crippen molar-refractivity contribution < 1.29 is 27.8 Å². The lowest BCUT2D eigenvalue weighted by Gasteiger charge is -2.26. The second kappa shape index (κ2) is 5.32. The Morgan fingerprint density at radius 3 is 2.33 bits per heavy atom. The molecule has 0 aliphatic rings. The van der Waals surface area contributed by atoms with Gasteiger partial charge in [0.2, 0.25) is 0 Å². The van der Waals surface area contributed by atoms with E-state index in [4.69, 9.17) is 5.11 Å². The van der Waals surface area contributed by atoms with Crippen molar-refractivity contribution in [3.63, 3.8) is 0 Å². The van der Waals surface area contributed by atoms with Crippen molar-refractivity contribution in [3.05, 3.63) is 0 Å². The van der Waals surface area contributed by atoms with Gasteiger partial charge in [-0.15, -0.1) is 0 Å². The monoisotopic (exact) mass is 229 g/mol. The van der Waals surface area contributed by atoms with E-state index in [1.54, 1.807) is 0 Å². The Morgan fingerprint density at radius 1 is 1.47 bits per heavy atom. The van der Waals surface area contributed by atoms with Crippen LogP contribution in [0.25, 0.3) is 0 Å². The van der Waals surface area contributed by atoms with Crippen LogP contribution in [0.4, 0.5) is 13.2 Å². The number of hydrogen-bond acceptors (Lipinski definition) is 3. The van der Waals surface area contributed by atoms with Crippen LogP contribution in [0.5, 0.6) is 0 Å². The Labute approximate surface area is 85.4 Å². The molecule has 0 aliphatic carbocycles. The molecule has 15 heavy (non-hydrogen) atoms. The van der Waals surface area contributed by atoms with Gasteiger partial charge in [-0.1, -0.05) is 0 Å². The number of hydrogen-bond donors (Lipinski definition) is 2. The number of ether oxygens (including phenoxy) is 1. The third kappa shape index (κ3) is 5.58. The lowest BCUT2D eigenvalue weighted by Crippen LogP contribution is -2.53. The molecule has 0 radical (unpaired) electrons. The van der Waals surface area contributed by atoms with Gasteiger partial charge in [-0.25, -0.2) is 0 Å². The van der Waals surface area contributed by atoms with Gasteiger partial charge in [-0.2, -0.15) is 13.2 Å². The summed E-state index contributed by atoms with van der Waals surface area (Å²) in [6.07, 6.45) is -4.46. The lowest BCUT2D eigenvalue weighted by atomic mass is 9.98. The molecule has 0 heterocycles. The second-order valence-corrected chi connectivity index (χ2v) is 3.35. The van der Waals surface area contributed by atoms with E-state index in [0.29, 0.717) is 0 Å². The Kier molecular flexibility index (Phi) is 5.02. The zero-order valence-electron chi connectivity index (χ0n) is 8.52. The van der Waals surface area contributed by atoms with Crippen molar-refractivity contribution in [1.29, 1.82) is 0 Å². The van der Waals surface area contributed by atoms with E-state index in [1.165, 1.54) is 14.0 Å². The van der Waals surface area contributed by atoms with Crippen LogP contribution in [-0.4, -0.2) is 43.1 Å². The number of halogens is 3. The van der Waals surface area contributed by atoms with Crippen molar-refractivity contribution in [1.82, 2.24) is 5.32 Å². The first-order valence-electron chi connectivity index (χ1n) is 4.25. The molecule has 0 aromatic carbocycles. The molecule has 0 saturated carbocycles. The molecule has 0 spiro atoms. The van der Waals surface area contributed by atoms with Crippen LogP contribution in [0.3, 0.4) is 0 Å². The number of carboxylic acids is 1. The summed E-state index contributed by atoms with van der Waals surface area (Å²) in [5, 5.41) is 10.7. The highest BCUT2D eigenvalue weighted by Crippen LogP contribution is 2.17. The number of rotatable bonds is 6. The van der Waals surface area contributed by atoms with Crippen LogP contribution < -0.4 is 5.32 Å². The molecule has 0 rings (SSSR count). The molecule has 90 valence electrons. The summed E-state index contributed by atoms with van der Waals surface area (Å²) in [7, 11) is 1.35. The maximum atomic E-state index is 11.9. The van der Waals surface area contributed by atoms with Gasteiger partial charge in [-0.3, -0.25) is 10.1 Å². The summed E-state index contributed by atoms with van der Waals surface area (Å²) in [5.74, 6) is -1.33. The number of carbonyl (C=O) groups is 1. The Morgan fingerprint density at radius 2 is 2.00 bits per heavy atom. The summed E-state index contributed by atoms with van der Waals surface area (Å²) >= 11 is 0. The normalized spacial score (nSPS) is 16.1. The van der Waals surface area contributed by atoms with Gasteiger partial charge in [0.1, 0.15) is 5.54 Å². The van der Waals surface area contributed by atoms with E-state index in [2.05, 4.69) is 4.74 Å². The fourth-order valence-corrected chi connectivity index (χ4v) is 0.872. The summed E-state index contributed by atoms with van der Waals surface area (Å²) < 4.78 is 40.3. The van der Waals surface area contributed by atoms with Crippen molar-refractivity contribution >= 4 is 5.97 Å². The largest absolute Gasteiger partial charge is 0.480 e. The fraction of sp³-hybridized carbons (Fsp3) is 0.875. The van der Waals surface area contributed by atoms with E-state index < -0.39 is 24.2 Å². The Bertz CT molecular complexity index is 220. The highest BCUT2D eigenvalue weighted by molar-refractivity contribution is 5.78. The molecule has 0 aliphatic heterocycles. The van der Waals surface area contributed by atoms with Gasteiger partial charge in [0.25, 0.3) is 0 Å². The van der Waals surface area contributed by atoms with Crippen molar-refractivity contribution in [2.24, 2.45) is 0 Å². The van der Waals surface area contributed by atoms with Crippen LogP contribution in [0, 0.1) is 0 Å². The summed E-state index contributed by atoms with van der Waals surface area (Å²) in [6.45, 7) is -0.0622. The van der Waals surface area contributed by atoms with Crippen molar-refractivity contribution in [2.75, 3.05) is 20.3 Å². The molecule has 0 aromatic heterocycles. The Balaban J connectivity index is 4.32. The average molecular weight is 229 g/mol. The average Bonchev–Trinajstić information content (AvgIpc) is 2.10. The highest BCUT2D eigenvalue weighted by atomic mass is 19.4. The molecule has 2 N–H and O–H groups in total. The van der Waals surface area contributed by atoms with Gasteiger partial charge < -0.3 is 9.84 Å². The number of nitrogens with one attached hydrogen (secondary N) is 1. The third-order valence-electron chi connectivity index (χ3n) is 1.96. The quantitative estimate of drug-likeness (QED) is 0.713. The van der Waals surface area contributed by atoms with Gasteiger partial charge in [0, 0.05) is 13.7 Å². The minimum Gasteiger partial charge on any atom is -0.480 e. The van der Waals surface area contributed by atoms with Crippen LogP contribution >= 0.6 is 0 Å². The van der Waals surface area contributed by atoms with Gasteiger partial charge >= 0.3 is 12.1 Å². The number of carboxylic acid groups (broad SMARTS) is 1. The number of aliphatic carboxylic acids is 1. The smallest absolute Gasteiger partial charge is 0.401 e.